The van der Waals surface area contributed by atoms with Crippen LogP contribution in [0.25, 0.3) is 0 Å². The van der Waals surface area contributed by atoms with Crippen LogP contribution in [0.4, 0.5) is 0 Å². The van der Waals surface area contributed by atoms with Gasteiger partial charge in [0.2, 0.25) is 0 Å². The van der Waals surface area contributed by atoms with E-state index in [9.17, 15) is 0 Å². The van der Waals surface area contributed by atoms with Crippen molar-refractivity contribution in [3.05, 3.63) is 6.92 Å². The molecule has 0 aliphatic rings. The Morgan fingerprint density at radius 2 is 1.78 bits per heavy atom. The van der Waals surface area contributed by atoms with Crippen molar-refractivity contribution in [1.29, 1.82) is 0 Å². The Kier molecular flexibility index (Phi) is 13.4. The SMILES string of the molecule is [CH2-]CCCCC(S)S.[Zn]. The molecule has 9 heavy (non-hydrogen) atoms. The molecule has 0 atom stereocenters. The fraction of sp³-hybridized carbons (Fsp3) is 0.833. The quantitative estimate of drug-likeness (QED) is 0.232. The third-order valence-electron chi connectivity index (χ3n) is 0.962. The summed E-state index contributed by atoms with van der Waals surface area (Å²) in [5.41, 5.74) is 0. The zero-order valence-corrected chi connectivity index (χ0v) is 10.5. The van der Waals surface area contributed by atoms with Gasteiger partial charge < -0.3 is 6.92 Å². The molecule has 0 aliphatic carbocycles. The zero-order chi connectivity index (χ0) is 6.41. The topological polar surface area (TPSA) is 0 Å². The van der Waals surface area contributed by atoms with E-state index in [4.69, 9.17) is 0 Å². The van der Waals surface area contributed by atoms with E-state index < -0.39 is 0 Å². The molecule has 3 heteroatoms. The minimum absolute atomic E-state index is 0. The summed E-state index contributed by atoms with van der Waals surface area (Å²) in [7, 11) is 0. The largest absolute Gasteiger partial charge is 0.343 e. The summed E-state index contributed by atoms with van der Waals surface area (Å²) in [6.45, 7) is 3.73. The van der Waals surface area contributed by atoms with Gasteiger partial charge in [-0.3, -0.25) is 0 Å². The normalized spacial score (nSPS) is 9.33. The van der Waals surface area contributed by atoms with E-state index in [1.54, 1.807) is 0 Å². The molecular formula is C6H13S2Zn-. The van der Waals surface area contributed by atoms with Crippen LogP contribution in [0, 0.1) is 6.92 Å². The third kappa shape index (κ3) is 12.5. The second-order valence-corrected chi connectivity index (χ2v) is 3.48. The van der Waals surface area contributed by atoms with Crippen LogP contribution in [0.15, 0.2) is 0 Å². The molecule has 0 aromatic heterocycles. The van der Waals surface area contributed by atoms with Gasteiger partial charge in [0.05, 0.1) is 0 Å². The molecule has 52 valence electrons. The Labute approximate surface area is 81.8 Å². The first-order valence-electron chi connectivity index (χ1n) is 2.92. The zero-order valence-electron chi connectivity index (χ0n) is 5.71. The Hall–Kier alpha value is 1.32. The van der Waals surface area contributed by atoms with Crippen molar-refractivity contribution in [2.75, 3.05) is 0 Å². The fourth-order valence-corrected chi connectivity index (χ4v) is 0.869. The second-order valence-electron chi connectivity index (χ2n) is 1.83. The van der Waals surface area contributed by atoms with Crippen LogP contribution >= 0.6 is 25.3 Å². The summed E-state index contributed by atoms with van der Waals surface area (Å²) in [6.07, 6.45) is 4.55. The van der Waals surface area contributed by atoms with E-state index in [2.05, 4.69) is 32.2 Å². The van der Waals surface area contributed by atoms with E-state index in [-0.39, 0.29) is 24.1 Å². The van der Waals surface area contributed by atoms with Crippen molar-refractivity contribution < 1.29 is 19.5 Å². The number of unbranched alkanes of at least 4 members (excludes halogenated alkanes) is 2. The van der Waals surface area contributed by atoms with Crippen molar-refractivity contribution in [2.24, 2.45) is 0 Å². The molecule has 0 aliphatic heterocycles. The van der Waals surface area contributed by atoms with Crippen LogP contribution in [0.2, 0.25) is 0 Å². The molecule has 0 N–H and O–H groups in total. The van der Waals surface area contributed by atoms with Gasteiger partial charge in [-0.15, -0.1) is 0 Å². The molecule has 0 fully saturated rings. The van der Waals surface area contributed by atoms with E-state index in [0.29, 0.717) is 0 Å². The summed E-state index contributed by atoms with van der Waals surface area (Å²) < 4.78 is 0.265. The average molecular weight is 215 g/mol. The van der Waals surface area contributed by atoms with Crippen LogP contribution in [-0.2, 0) is 19.5 Å². The van der Waals surface area contributed by atoms with Crippen LogP contribution in [-0.4, -0.2) is 4.58 Å². The Morgan fingerprint density at radius 3 is 2.11 bits per heavy atom. The predicted octanol–water partition coefficient (Wildman–Crippen LogP) is 2.56. The van der Waals surface area contributed by atoms with Crippen LogP contribution in [0.3, 0.4) is 0 Å². The minimum atomic E-state index is 0. The molecule has 0 unspecified atom stereocenters. The van der Waals surface area contributed by atoms with Crippen molar-refractivity contribution >= 4 is 25.3 Å². The molecular weight excluding hydrogens is 202 g/mol. The molecule has 0 aromatic rings. The Morgan fingerprint density at radius 1 is 1.22 bits per heavy atom. The van der Waals surface area contributed by atoms with Crippen molar-refractivity contribution in [2.45, 2.75) is 30.3 Å². The number of thiol groups is 2. The van der Waals surface area contributed by atoms with E-state index in [0.717, 1.165) is 12.8 Å². The Balaban J connectivity index is 0. The first-order chi connectivity index (χ1) is 3.77. The third-order valence-corrected chi connectivity index (χ3v) is 1.48. The Bertz CT molecular complexity index is 48.3. The maximum Gasteiger partial charge on any atom is 0.0442 e. The first-order valence-corrected chi connectivity index (χ1v) is 3.96. The van der Waals surface area contributed by atoms with Gasteiger partial charge in [-0.2, -0.15) is 31.7 Å². The minimum Gasteiger partial charge on any atom is -0.343 e. The standard InChI is InChI=1S/C6H13S2.Zn/c1-2-3-4-5-6(7)8;/h6-8H,1-5H2;/q-1;. The van der Waals surface area contributed by atoms with Crippen LogP contribution < -0.4 is 0 Å². The van der Waals surface area contributed by atoms with Gasteiger partial charge in [0.1, 0.15) is 0 Å². The van der Waals surface area contributed by atoms with Gasteiger partial charge in [-0.05, 0) is 6.42 Å². The van der Waals surface area contributed by atoms with E-state index in [1.165, 1.54) is 12.8 Å². The average Bonchev–Trinajstić information content (AvgIpc) is 1.66. The molecule has 0 bridgehead atoms. The monoisotopic (exact) mass is 213 g/mol. The smallest absolute Gasteiger partial charge is 0.0442 e. The molecule has 0 saturated heterocycles. The summed E-state index contributed by atoms with van der Waals surface area (Å²) >= 11 is 8.23. The van der Waals surface area contributed by atoms with Crippen LogP contribution in [0.1, 0.15) is 25.7 Å². The first kappa shape index (κ1) is 13.0. The molecule has 0 amide bonds. The van der Waals surface area contributed by atoms with Crippen LogP contribution in [0.5, 0.6) is 0 Å². The molecule has 0 aromatic carbocycles. The van der Waals surface area contributed by atoms with E-state index in [1.807, 2.05) is 0 Å². The molecule has 0 heterocycles. The van der Waals surface area contributed by atoms with Crippen molar-refractivity contribution in [3.63, 3.8) is 0 Å². The maximum atomic E-state index is 4.11. The predicted molar refractivity (Wildman–Crippen MR) is 45.6 cm³/mol. The second kappa shape index (κ2) is 9.32. The molecule has 0 saturated carbocycles. The summed E-state index contributed by atoms with van der Waals surface area (Å²) in [6, 6.07) is 0. The van der Waals surface area contributed by atoms with Gasteiger partial charge >= 0.3 is 0 Å². The van der Waals surface area contributed by atoms with Gasteiger partial charge in [0.25, 0.3) is 0 Å². The van der Waals surface area contributed by atoms with Crippen molar-refractivity contribution in [3.8, 4) is 0 Å². The summed E-state index contributed by atoms with van der Waals surface area (Å²) in [5.74, 6) is 0. The molecule has 0 nitrogen and oxygen atoms in total. The van der Waals surface area contributed by atoms with Gasteiger partial charge in [0, 0.05) is 24.1 Å². The van der Waals surface area contributed by atoms with E-state index >= 15 is 0 Å². The molecule has 0 spiro atoms. The number of hydrogen-bond donors (Lipinski definition) is 2. The number of rotatable bonds is 4. The van der Waals surface area contributed by atoms with Gasteiger partial charge in [-0.1, -0.05) is 12.8 Å². The number of hydrogen-bond acceptors (Lipinski definition) is 2. The molecule has 0 radical (unpaired) electrons. The summed E-state index contributed by atoms with van der Waals surface area (Å²) in [4.78, 5) is 0. The molecule has 0 rings (SSSR count). The summed E-state index contributed by atoms with van der Waals surface area (Å²) in [5, 5.41) is 0. The van der Waals surface area contributed by atoms with Gasteiger partial charge in [-0.25, -0.2) is 0 Å². The fourth-order valence-electron chi connectivity index (χ4n) is 0.504. The van der Waals surface area contributed by atoms with Crippen molar-refractivity contribution in [1.82, 2.24) is 0 Å². The van der Waals surface area contributed by atoms with Gasteiger partial charge in [0.15, 0.2) is 0 Å². The maximum absolute atomic E-state index is 4.11.